The van der Waals surface area contributed by atoms with Gasteiger partial charge in [0.1, 0.15) is 5.82 Å². The van der Waals surface area contributed by atoms with Crippen molar-refractivity contribution in [2.24, 2.45) is 0 Å². The number of carbonyl (C=O) groups is 1. The predicted molar refractivity (Wildman–Crippen MR) is 81.5 cm³/mol. The van der Waals surface area contributed by atoms with Crippen molar-refractivity contribution in [2.45, 2.75) is 0 Å². The first-order chi connectivity index (χ1) is 9.58. The molecule has 0 spiro atoms. The molecule has 6 heteroatoms. The summed E-state index contributed by atoms with van der Waals surface area (Å²) in [5.74, 6) is -1.22. The van der Waals surface area contributed by atoms with Crippen LogP contribution in [0.1, 0.15) is 10.4 Å². The van der Waals surface area contributed by atoms with Gasteiger partial charge in [-0.1, -0.05) is 35.9 Å². The summed E-state index contributed by atoms with van der Waals surface area (Å²) in [5.41, 5.74) is 0.490. The Kier molecular flexibility index (Phi) is 4.65. The van der Waals surface area contributed by atoms with Crippen LogP contribution in [-0.2, 0) is 0 Å². The lowest BCUT2D eigenvalue weighted by Crippen LogP contribution is -2.34. The van der Waals surface area contributed by atoms with Gasteiger partial charge in [0.2, 0.25) is 0 Å². The van der Waals surface area contributed by atoms with Gasteiger partial charge < -0.3 is 5.32 Å². The lowest BCUT2D eigenvalue weighted by atomic mass is 10.2. The van der Waals surface area contributed by atoms with Crippen LogP contribution >= 0.6 is 23.8 Å². The molecule has 2 rings (SSSR count). The van der Waals surface area contributed by atoms with E-state index in [0.717, 1.165) is 0 Å². The van der Waals surface area contributed by atoms with E-state index < -0.39 is 11.7 Å². The molecule has 20 heavy (non-hydrogen) atoms. The third-order valence-corrected chi connectivity index (χ3v) is 3.00. The molecule has 2 aromatic rings. The zero-order valence-corrected chi connectivity index (χ0v) is 11.8. The molecule has 0 heterocycles. The summed E-state index contributed by atoms with van der Waals surface area (Å²) in [6.45, 7) is 0. The average molecular weight is 309 g/mol. The molecule has 3 nitrogen and oxygen atoms in total. The van der Waals surface area contributed by atoms with Crippen molar-refractivity contribution in [3.05, 3.63) is 64.9 Å². The number of thiocarbonyl (C=S) groups is 1. The topological polar surface area (TPSA) is 41.1 Å². The van der Waals surface area contributed by atoms with E-state index in [0.29, 0.717) is 10.7 Å². The Morgan fingerprint density at radius 3 is 2.45 bits per heavy atom. The molecule has 102 valence electrons. The third-order valence-electron chi connectivity index (χ3n) is 2.47. The number of carbonyl (C=O) groups excluding carboxylic acids is 1. The average Bonchev–Trinajstić information content (AvgIpc) is 2.41. The van der Waals surface area contributed by atoms with E-state index in [1.54, 1.807) is 30.3 Å². The SMILES string of the molecule is O=C(NC(=S)Nc1ccccc1Cl)c1ccccc1F. The summed E-state index contributed by atoms with van der Waals surface area (Å²) in [6.07, 6.45) is 0. The number of halogens is 2. The largest absolute Gasteiger partial charge is 0.331 e. The fraction of sp³-hybridized carbons (Fsp3) is 0. The molecular formula is C14H10ClFN2OS. The Labute approximate surface area is 125 Å². The molecule has 0 unspecified atom stereocenters. The Morgan fingerprint density at radius 1 is 1.10 bits per heavy atom. The van der Waals surface area contributed by atoms with E-state index in [-0.39, 0.29) is 10.7 Å². The van der Waals surface area contributed by atoms with E-state index in [9.17, 15) is 9.18 Å². The molecule has 0 aliphatic carbocycles. The summed E-state index contributed by atoms with van der Waals surface area (Å²) in [4.78, 5) is 11.8. The normalized spacial score (nSPS) is 9.90. The maximum absolute atomic E-state index is 13.4. The van der Waals surface area contributed by atoms with Crippen molar-refractivity contribution in [3.8, 4) is 0 Å². The number of amides is 1. The number of hydrogen-bond donors (Lipinski definition) is 2. The molecule has 0 aromatic heterocycles. The van der Waals surface area contributed by atoms with Crippen molar-refractivity contribution in [1.82, 2.24) is 5.32 Å². The maximum atomic E-state index is 13.4. The number of rotatable bonds is 2. The lowest BCUT2D eigenvalue weighted by molar-refractivity contribution is 0.0974. The molecule has 0 aliphatic heterocycles. The van der Waals surface area contributed by atoms with Crippen molar-refractivity contribution in [2.75, 3.05) is 5.32 Å². The lowest BCUT2D eigenvalue weighted by Gasteiger charge is -2.10. The molecule has 1 amide bonds. The first-order valence-corrected chi connectivity index (χ1v) is 6.48. The molecule has 0 saturated heterocycles. The molecule has 0 saturated carbocycles. The number of para-hydroxylation sites is 1. The molecular weight excluding hydrogens is 299 g/mol. The molecule has 0 atom stereocenters. The van der Waals surface area contributed by atoms with Crippen LogP contribution < -0.4 is 10.6 Å². The predicted octanol–water partition coefficient (Wildman–Crippen LogP) is 3.61. The van der Waals surface area contributed by atoms with E-state index in [2.05, 4.69) is 10.6 Å². The highest BCUT2D eigenvalue weighted by Gasteiger charge is 2.12. The summed E-state index contributed by atoms with van der Waals surface area (Å²) in [6, 6.07) is 12.6. The summed E-state index contributed by atoms with van der Waals surface area (Å²) >= 11 is 10.9. The molecule has 2 N–H and O–H groups in total. The number of nitrogens with one attached hydrogen (secondary N) is 2. The van der Waals surface area contributed by atoms with Crippen LogP contribution in [-0.4, -0.2) is 11.0 Å². The van der Waals surface area contributed by atoms with Gasteiger partial charge in [-0.25, -0.2) is 4.39 Å². The Balaban J connectivity index is 2.04. The zero-order chi connectivity index (χ0) is 14.5. The number of hydrogen-bond acceptors (Lipinski definition) is 2. The minimum Gasteiger partial charge on any atom is -0.331 e. The smallest absolute Gasteiger partial charge is 0.260 e. The molecule has 2 aromatic carbocycles. The minimum atomic E-state index is -0.618. The third kappa shape index (κ3) is 3.53. The van der Waals surface area contributed by atoms with Gasteiger partial charge in [0.25, 0.3) is 5.91 Å². The second-order valence-electron chi connectivity index (χ2n) is 3.87. The van der Waals surface area contributed by atoms with E-state index in [1.807, 2.05) is 0 Å². The van der Waals surface area contributed by atoms with Crippen molar-refractivity contribution >= 4 is 40.5 Å². The first kappa shape index (κ1) is 14.4. The van der Waals surface area contributed by atoms with Gasteiger partial charge in [-0.3, -0.25) is 10.1 Å². The van der Waals surface area contributed by atoms with Crippen LogP contribution in [0.25, 0.3) is 0 Å². The minimum absolute atomic E-state index is 0.0475. The Bertz CT molecular complexity index is 663. The van der Waals surface area contributed by atoms with E-state index >= 15 is 0 Å². The maximum Gasteiger partial charge on any atom is 0.260 e. The van der Waals surface area contributed by atoms with Gasteiger partial charge >= 0.3 is 0 Å². The monoisotopic (exact) mass is 308 g/mol. The van der Waals surface area contributed by atoms with Crippen LogP contribution in [0.15, 0.2) is 48.5 Å². The fourth-order valence-corrected chi connectivity index (χ4v) is 1.92. The molecule has 0 fully saturated rings. The van der Waals surface area contributed by atoms with Gasteiger partial charge in [-0.2, -0.15) is 0 Å². The Hall–Kier alpha value is -1.98. The van der Waals surface area contributed by atoms with Crippen molar-refractivity contribution in [1.29, 1.82) is 0 Å². The van der Waals surface area contributed by atoms with Gasteiger partial charge in [0, 0.05) is 0 Å². The zero-order valence-electron chi connectivity index (χ0n) is 10.2. The van der Waals surface area contributed by atoms with Crippen LogP contribution in [0.2, 0.25) is 5.02 Å². The highest BCUT2D eigenvalue weighted by molar-refractivity contribution is 7.80. The first-order valence-electron chi connectivity index (χ1n) is 5.69. The van der Waals surface area contributed by atoms with Crippen LogP contribution in [0.5, 0.6) is 0 Å². The van der Waals surface area contributed by atoms with Gasteiger partial charge in [-0.05, 0) is 36.5 Å². The summed E-state index contributed by atoms with van der Waals surface area (Å²) < 4.78 is 13.4. The number of anilines is 1. The van der Waals surface area contributed by atoms with Crippen LogP contribution in [0, 0.1) is 5.82 Å². The van der Waals surface area contributed by atoms with Crippen molar-refractivity contribution < 1.29 is 9.18 Å². The standard InChI is InChI=1S/C14H10ClFN2OS/c15-10-6-2-4-8-12(10)17-14(20)18-13(19)9-5-1-3-7-11(9)16/h1-8H,(H2,17,18,19,20). The summed E-state index contributed by atoms with van der Waals surface area (Å²) in [5, 5.41) is 5.69. The van der Waals surface area contributed by atoms with Crippen molar-refractivity contribution in [3.63, 3.8) is 0 Å². The van der Waals surface area contributed by atoms with E-state index in [4.69, 9.17) is 23.8 Å². The van der Waals surface area contributed by atoms with E-state index in [1.165, 1.54) is 18.2 Å². The van der Waals surface area contributed by atoms with Crippen LogP contribution in [0.4, 0.5) is 10.1 Å². The highest BCUT2D eigenvalue weighted by atomic mass is 35.5. The Morgan fingerprint density at radius 2 is 1.75 bits per heavy atom. The quantitative estimate of drug-likeness (QED) is 0.833. The summed E-state index contributed by atoms with van der Waals surface area (Å²) in [7, 11) is 0. The van der Waals surface area contributed by atoms with Crippen LogP contribution in [0.3, 0.4) is 0 Å². The molecule has 0 aliphatic rings. The fourth-order valence-electron chi connectivity index (χ4n) is 1.53. The number of benzene rings is 2. The van der Waals surface area contributed by atoms with Gasteiger partial charge in [0.15, 0.2) is 5.11 Å². The van der Waals surface area contributed by atoms with Gasteiger partial charge in [0.05, 0.1) is 16.3 Å². The second kappa shape index (κ2) is 6.45. The molecule has 0 bridgehead atoms. The highest BCUT2D eigenvalue weighted by Crippen LogP contribution is 2.20. The van der Waals surface area contributed by atoms with Gasteiger partial charge in [-0.15, -0.1) is 0 Å². The second-order valence-corrected chi connectivity index (χ2v) is 4.68. The molecule has 0 radical (unpaired) electrons.